The van der Waals surface area contributed by atoms with Crippen molar-refractivity contribution in [1.29, 1.82) is 0 Å². The Kier molecular flexibility index (Phi) is 4.26. The average Bonchev–Trinajstić information content (AvgIpc) is 2.54. The van der Waals surface area contributed by atoms with Gasteiger partial charge in [-0.05, 0) is 50.2 Å². The summed E-state index contributed by atoms with van der Waals surface area (Å²) < 4.78 is 5.32. The molecule has 0 spiro atoms. The number of hydrogen-bond donors (Lipinski definition) is 0. The molecule has 2 aromatic heterocycles. The summed E-state index contributed by atoms with van der Waals surface area (Å²) in [5, 5.41) is 0.980. The van der Waals surface area contributed by atoms with Crippen LogP contribution in [0.4, 0.5) is 0 Å². The second kappa shape index (κ2) is 6.34. The molecule has 1 atom stereocenters. The molecule has 0 aliphatic rings. The maximum atomic E-state index is 11.5. The summed E-state index contributed by atoms with van der Waals surface area (Å²) in [5.74, 6) is 0. The lowest BCUT2D eigenvalue weighted by Crippen LogP contribution is -2.22. The minimum Gasteiger partial charge on any atom is -0.423 e. The van der Waals surface area contributed by atoms with Gasteiger partial charge in [0.05, 0.1) is 5.69 Å². The van der Waals surface area contributed by atoms with E-state index in [1.165, 1.54) is 6.07 Å². The van der Waals surface area contributed by atoms with Crippen LogP contribution < -0.4 is 5.63 Å². The highest BCUT2D eigenvalue weighted by Gasteiger charge is 2.13. The fourth-order valence-electron chi connectivity index (χ4n) is 2.74. The van der Waals surface area contributed by atoms with E-state index >= 15 is 0 Å². The van der Waals surface area contributed by atoms with Crippen LogP contribution in [-0.2, 0) is 6.54 Å². The van der Waals surface area contributed by atoms with Crippen LogP contribution in [0.25, 0.3) is 11.0 Å². The molecule has 0 aliphatic heterocycles. The Labute approximate surface area is 135 Å². The Bertz CT molecular complexity index is 871. The van der Waals surface area contributed by atoms with Crippen LogP contribution in [0.15, 0.2) is 57.9 Å². The maximum absolute atomic E-state index is 11.5. The number of fused-ring (bicyclic) bond motifs is 1. The minimum atomic E-state index is -0.303. The SMILES string of the molecule is Cc1cc(=O)oc2cc(CN(C)[C@@H](C)c3ccccn3)ccc12. The molecule has 1 aromatic carbocycles. The second-order valence-electron chi connectivity index (χ2n) is 5.92. The van der Waals surface area contributed by atoms with Crippen molar-refractivity contribution < 1.29 is 4.42 Å². The van der Waals surface area contributed by atoms with Crippen molar-refractivity contribution in [3.63, 3.8) is 0 Å². The van der Waals surface area contributed by atoms with E-state index in [4.69, 9.17) is 4.42 Å². The molecule has 3 aromatic rings. The van der Waals surface area contributed by atoms with Gasteiger partial charge in [0.1, 0.15) is 5.58 Å². The van der Waals surface area contributed by atoms with Crippen LogP contribution in [-0.4, -0.2) is 16.9 Å². The summed E-state index contributed by atoms with van der Waals surface area (Å²) in [6, 6.07) is 13.7. The lowest BCUT2D eigenvalue weighted by molar-refractivity contribution is 0.248. The van der Waals surface area contributed by atoms with Gasteiger partial charge in [0.15, 0.2) is 0 Å². The third-order valence-electron chi connectivity index (χ3n) is 4.22. The van der Waals surface area contributed by atoms with Crippen molar-refractivity contribution in [2.45, 2.75) is 26.4 Å². The molecule has 0 fully saturated rings. The average molecular weight is 308 g/mol. The second-order valence-corrected chi connectivity index (χ2v) is 5.92. The molecule has 0 radical (unpaired) electrons. The molecule has 0 saturated carbocycles. The third-order valence-corrected chi connectivity index (χ3v) is 4.22. The van der Waals surface area contributed by atoms with Crippen LogP contribution in [0, 0.1) is 6.92 Å². The number of pyridine rings is 1. The number of rotatable bonds is 4. The van der Waals surface area contributed by atoms with Crippen molar-refractivity contribution in [2.24, 2.45) is 0 Å². The Balaban J connectivity index is 1.85. The molecule has 3 rings (SSSR count). The van der Waals surface area contributed by atoms with Crippen LogP contribution in [0.3, 0.4) is 0 Å². The van der Waals surface area contributed by atoms with Gasteiger partial charge in [0.25, 0.3) is 0 Å². The Morgan fingerprint density at radius 1 is 1.22 bits per heavy atom. The summed E-state index contributed by atoms with van der Waals surface area (Å²) in [7, 11) is 2.07. The van der Waals surface area contributed by atoms with E-state index in [9.17, 15) is 4.79 Å². The van der Waals surface area contributed by atoms with E-state index in [2.05, 4.69) is 29.9 Å². The number of hydrogen-bond acceptors (Lipinski definition) is 4. The summed E-state index contributed by atoms with van der Waals surface area (Å²) in [4.78, 5) is 18.2. The van der Waals surface area contributed by atoms with E-state index in [-0.39, 0.29) is 11.7 Å². The normalized spacial score (nSPS) is 12.7. The lowest BCUT2D eigenvalue weighted by atomic mass is 10.1. The molecule has 4 nitrogen and oxygen atoms in total. The van der Waals surface area contributed by atoms with Gasteiger partial charge in [-0.1, -0.05) is 18.2 Å². The van der Waals surface area contributed by atoms with Crippen molar-refractivity contribution in [3.8, 4) is 0 Å². The van der Waals surface area contributed by atoms with Gasteiger partial charge in [0.2, 0.25) is 0 Å². The van der Waals surface area contributed by atoms with Crippen molar-refractivity contribution in [1.82, 2.24) is 9.88 Å². The van der Waals surface area contributed by atoms with Gasteiger partial charge in [0, 0.05) is 30.2 Å². The molecule has 118 valence electrons. The molecule has 4 heteroatoms. The highest BCUT2D eigenvalue weighted by Crippen LogP contribution is 2.22. The lowest BCUT2D eigenvalue weighted by Gasteiger charge is -2.24. The Hall–Kier alpha value is -2.46. The van der Waals surface area contributed by atoms with Crippen LogP contribution in [0.5, 0.6) is 0 Å². The molecular formula is C19H20N2O2. The van der Waals surface area contributed by atoms with Gasteiger partial charge in [-0.2, -0.15) is 0 Å². The fraction of sp³-hybridized carbons (Fsp3) is 0.263. The predicted molar refractivity (Wildman–Crippen MR) is 91.3 cm³/mol. The van der Waals surface area contributed by atoms with Crippen LogP contribution in [0.2, 0.25) is 0 Å². The zero-order chi connectivity index (χ0) is 16.4. The van der Waals surface area contributed by atoms with Gasteiger partial charge in [-0.15, -0.1) is 0 Å². The number of aryl methyl sites for hydroxylation is 1. The monoisotopic (exact) mass is 308 g/mol. The summed E-state index contributed by atoms with van der Waals surface area (Å²) in [5.41, 5.74) is 3.43. The zero-order valence-electron chi connectivity index (χ0n) is 13.6. The molecule has 0 bridgehead atoms. The number of benzene rings is 1. The van der Waals surface area contributed by atoms with Gasteiger partial charge >= 0.3 is 5.63 Å². The first-order valence-corrected chi connectivity index (χ1v) is 7.69. The standard InChI is InChI=1S/C19H20N2O2/c1-13-10-19(22)23-18-11-15(7-8-16(13)18)12-21(3)14(2)17-6-4-5-9-20-17/h4-11,14H,12H2,1-3H3/t14-/m0/s1. The topological polar surface area (TPSA) is 46.3 Å². The number of aromatic nitrogens is 1. The maximum Gasteiger partial charge on any atom is 0.336 e. The van der Waals surface area contributed by atoms with E-state index in [1.807, 2.05) is 43.5 Å². The van der Waals surface area contributed by atoms with E-state index in [1.54, 1.807) is 0 Å². The molecule has 23 heavy (non-hydrogen) atoms. The van der Waals surface area contributed by atoms with Gasteiger partial charge in [-0.3, -0.25) is 9.88 Å². The summed E-state index contributed by atoms with van der Waals surface area (Å²) >= 11 is 0. The van der Waals surface area contributed by atoms with Gasteiger partial charge < -0.3 is 4.42 Å². The molecular weight excluding hydrogens is 288 g/mol. The third kappa shape index (κ3) is 3.32. The van der Waals surface area contributed by atoms with E-state index in [0.717, 1.165) is 28.8 Å². The molecule has 0 amide bonds. The quantitative estimate of drug-likeness (QED) is 0.690. The summed E-state index contributed by atoms with van der Waals surface area (Å²) in [6.07, 6.45) is 1.81. The first kappa shape index (κ1) is 15.4. The zero-order valence-corrected chi connectivity index (χ0v) is 13.6. The fourth-order valence-corrected chi connectivity index (χ4v) is 2.74. The minimum absolute atomic E-state index is 0.205. The Morgan fingerprint density at radius 2 is 2.04 bits per heavy atom. The van der Waals surface area contributed by atoms with Crippen molar-refractivity contribution in [2.75, 3.05) is 7.05 Å². The van der Waals surface area contributed by atoms with E-state index in [0.29, 0.717) is 5.58 Å². The summed E-state index contributed by atoms with van der Waals surface area (Å²) in [6.45, 7) is 4.81. The first-order chi connectivity index (χ1) is 11.0. The Morgan fingerprint density at radius 3 is 2.78 bits per heavy atom. The highest BCUT2D eigenvalue weighted by molar-refractivity contribution is 5.80. The molecule has 0 aliphatic carbocycles. The van der Waals surface area contributed by atoms with Crippen LogP contribution in [0.1, 0.15) is 29.8 Å². The predicted octanol–water partition coefficient (Wildman–Crippen LogP) is 3.69. The van der Waals surface area contributed by atoms with E-state index < -0.39 is 0 Å². The molecule has 0 unspecified atom stereocenters. The highest BCUT2D eigenvalue weighted by atomic mass is 16.4. The van der Waals surface area contributed by atoms with Crippen LogP contribution >= 0.6 is 0 Å². The largest absolute Gasteiger partial charge is 0.423 e. The molecule has 0 N–H and O–H groups in total. The number of nitrogens with zero attached hydrogens (tertiary/aromatic N) is 2. The van der Waals surface area contributed by atoms with Crippen molar-refractivity contribution in [3.05, 3.63) is 75.9 Å². The molecule has 0 saturated heterocycles. The smallest absolute Gasteiger partial charge is 0.336 e. The van der Waals surface area contributed by atoms with Crippen molar-refractivity contribution >= 4 is 11.0 Å². The first-order valence-electron chi connectivity index (χ1n) is 7.69. The molecule has 2 heterocycles. The van der Waals surface area contributed by atoms with Gasteiger partial charge in [-0.25, -0.2) is 4.79 Å².